The minimum atomic E-state index is -0.864. The largest absolute Gasteiger partial charge is 0.456 e. The molecule has 0 amide bonds. The van der Waals surface area contributed by atoms with Crippen LogP contribution in [0.5, 0.6) is 0 Å². The Labute approximate surface area is 141 Å². The zero-order valence-corrected chi connectivity index (χ0v) is 14.6. The van der Waals surface area contributed by atoms with E-state index in [2.05, 4.69) is 10.8 Å². The van der Waals surface area contributed by atoms with Gasteiger partial charge in [0.15, 0.2) is 5.09 Å². The van der Waals surface area contributed by atoms with Gasteiger partial charge in [0.1, 0.15) is 0 Å². The SMILES string of the molecule is CC(C)(O)c1coc(SNc2c3c(cc4c2CCC4)CCC3)c1. The van der Waals surface area contributed by atoms with E-state index in [1.54, 1.807) is 20.1 Å². The highest BCUT2D eigenvalue weighted by molar-refractivity contribution is 8.00. The van der Waals surface area contributed by atoms with E-state index in [1.165, 1.54) is 78.4 Å². The summed E-state index contributed by atoms with van der Waals surface area (Å²) in [5.41, 5.74) is 7.36. The Bertz CT molecular complexity index is 710. The third-order valence-corrected chi connectivity index (χ3v) is 5.73. The number of anilines is 1. The molecule has 4 heteroatoms. The summed E-state index contributed by atoms with van der Waals surface area (Å²) in [4.78, 5) is 0. The zero-order valence-electron chi connectivity index (χ0n) is 13.7. The highest BCUT2D eigenvalue weighted by Gasteiger charge is 2.24. The Hall–Kier alpha value is -1.39. The summed E-state index contributed by atoms with van der Waals surface area (Å²) in [5.74, 6) is 0. The average Bonchev–Trinajstić information content (AvgIpc) is 3.21. The molecule has 2 aromatic rings. The van der Waals surface area contributed by atoms with Crippen molar-refractivity contribution in [3.8, 4) is 0 Å². The Morgan fingerprint density at radius 1 is 1.04 bits per heavy atom. The first-order valence-electron chi connectivity index (χ1n) is 8.43. The van der Waals surface area contributed by atoms with Crippen LogP contribution in [0.2, 0.25) is 0 Å². The van der Waals surface area contributed by atoms with Crippen molar-refractivity contribution in [3.05, 3.63) is 46.2 Å². The molecule has 2 N–H and O–H groups in total. The van der Waals surface area contributed by atoms with Gasteiger partial charge in [-0.1, -0.05) is 6.07 Å². The lowest BCUT2D eigenvalue weighted by Crippen LogP contribution is -2.13. The molecule has 0 fully saturated rings. The number of aliphatic hydroxyl groups is 1. The molecule has 1 heterocycles. The fraction of sp³-hybridized carbons (Fsp3) is 0.474. The second-order valence-electron chi connectivity index (χ2n) is 7.15. The van der Waals surface area contributed by atoms with E-state index in [0.717, 1.165) is 10.7 Å². The van der Waals surface area contributed by atoms with Crippen LogP contribution in [0.25, 0.3) is 0 Å². The first-order valence-corrected chi connectivity index (χ1v) is 9.25. The topological polar surface area (TPSA) is 45.4 Å². The number of hydrogen-bond acceptors (Lipinski definition) is 4. The van der Waals surface area contributed by atoms with Gasteiger partial charge >= 0.3 is 0 Å². The molecule has 1 aromatic heterocycles. The summed E-state index contributed by atoms with van der Waals surface area (Å²) in [7, 11) is 0. The lowest BCUT2D eigenvalue weighted by atomic mass is 9.99. The third-order valence-electron chi connectivity index (χ3n) is 5.01. The zero-order chi connectivity index (χ0) is 16.0. The van der Waals surface area contributed by atoms with Crippen molar-refractivity contribution in [3.63, 3.8) is 0 Å². The first-order chi connectivity index (χ1) is 11.0. The molecule has 0 atom stereocenters. The predicted molar refractivity (Wildman–Crippen MR) is 93.9 cm³/mol. The highest BCUT2D eigenvalue weighted by atomic mass is 32.2. The van der Waals surface area contributed by atoms with Crippen molar-refractivity contribution in [2.45, 2.75) is 63.1 Å². The fourth-order valence-electron chi connectivity index (χ4n) is 3.73. The summed E-state index contributed by atoms with van der Waals surface area (Å²) >= 11 is 1.51. The molecule has 122 valence electrons. The highest BCUT2D eigenvalue weighted by Crippen LogP contribution is 2.40. The van der Waals surface area contributed by atoms with Crippen LogP contribution in [-0.2, 0) is 31.3 Å². The monoisotopic (exact) mass is 329 g/mol. The van der Waals surface area contributed by atoms with E-state index < -0.39 is 5.60 Å². The molecule has 0 radical (unpaired) electrons. The second kappa shape index (κ2) is 5.60. The lowest BCUT2D eigenvalue weighted by molar-refractivity contribution is 0.0779. The summed E-state index contributed by atoms with van der Waals surface area (Å²) in [6, 6.07) is 4.36. The average molecular weight is 329 g/mol. The maximum Gasteiger partial charge on any atom is 0.180 e. The van der Waals surface area contributed by atoms with E-state index in [-0.39, 0.29) is 0 Å². The van der Waals surface area contributed by atoms with Crippen molar-refractivity contribution in [1.82, 2.24) is 0 Å². The summed E-state index contributed by atoms with van der Waals surface area (Å²) in [6.45, 7) is 3.55. The van der Waals surface area contributed by atoms with Gasteiger partial charge in [0.25, 0.3) is 0 Å². The van der Waals surface area contributed by atoms with Gasteiger partial charge in [-0.2, -0.15) is 0 Å². The normalized spacial score (nSPS) is 16.5. The summed E-state index contributed by atoms with van der Waals surface area (Å²) in [5, 5.41) is 10.8. The van der Waals surface area contributed by atoms with Gasteiger partial charge in [-0.3, -0.25) is 0 Å². The van der Waals surface area contributed by atoms with Crippen LogP contribution in [0.3, 0.4) is 0 Å². The molecule has 2 aliphatic rings. The van der Waals surface area contributed by atoms with E-state index in [1.807, 2.05) is 6.07 Å². The molecule has 0 saturated heterocycles. The van der Waals surface area contributed by atoms with E-state index >= 15 is 0 Å². The Morgan fingerprint density at radius 2 is 1.70 bits per heavy atom. The van der Waals surface area contributed by atoms with Crippen LogP contribution in [0, 0.1) is 0 Å². The number of hydrogen-bond donors (Lipinski definition) is 2. The van der Waals surface area contributed by atoms with E-state index in [4.69, 9.17) is 4.42 Å². The minimum absolute atomic E-state index is 0.796. The second-order valence-corrected chi connectivity index (χ2v) is 7.96. The van der Waals surface area contributed by atoms with Crippen LogP contribution in [-0.4, -0.2) is 5.11 Å². The van der Waals surface area contributed by atoms with E-state index in [9.17, 15) is 5.11 Å². The molecule has 0 unspecified atom stereocenters. The van der Waals surface area contributed by atoms with Crippen LogP contribution >= 0.6 is 11.9 Å². The molecule has 23 heavy (non-hydrogen) atoms. The number of rotatable bonds is 4. The Balaban J connectivity index is 1.59. The van der Waals surface area contributed by atoms with Crippen LogP contribution in [0.4, 0.5) is 5.69 Å². The Morgan fingerprint density at radius 3 is 2.26 bits per heavy atom. The van der Waals surface area contributed by atoms with Gasteiger partial charge in [0.05, 0.1) is 17.6 Å². The van der Waals surface area contributed by atoms with Gasteiger partial charge in [0, 0.05) is 17.5 Å². The molecular formula is C19H23NO2S. The summed E-state index contributed by atoms with van der Waals surface area (Å²) < 4.78 is 9.16. The van der Waals surface area contributed by atoms with Gasteiger partial charge in [-0.05, 0) is 80.7 Å². The van der Waals surface area contributed by atoms with E-state index in [0.29, 0.717) is 0 Å². The molecule has 3 nitrogen and oxygen atoms in total. The number of aryl methyl sites for hydroxylation is 2. The quantitative estimate of drug-likeness (QED) is 0.805. The molecular weight excluding hydrogens is 306 g/mol. The molecule has 4 rings (SSSR count). The molecule has 2 aliphatic carbocycles. The smallest absolute Gasteiger partial charge is 0.180 e. The summed E-state index contributed by atoms with van der Waals surface area (Å²) in [6.07, 6.45) is 8.96. The number of nitrogens with one attached hydrogen (secondary N) is 1. The van der Waals surface area contributed by atoms with Gasteiger partial charge in [-0.15, -0.1) is 0 Å². The van der Waals surface area contributed by atoms with Gasteiger partial charge in [0.2, 0.25) is 0 Å². The first kappa shape index (κ1) is 15.2. The molecule has 0 saturated carbocycles. The van der Waals surface area contributed by atoms with Crippen molar-refractivity contribution >= 4 is 17.6 Å². The fourth-order valence-corrected chi connectivity index (χ4v) is 4.46. The number of fused-ring (bicyclic) bond motifs is 2. The maximum absolute atomic E-state index is 10.1. The maximum atomic E-state index is 10.1. The van der Waals surface area contributed by atoms with Crippen LogP contribution < -0.4 is 4.72 Å². The third kappa shape index (κ3) is 2.79. The Kier molecular flexibility index (Phi) is 3.69. The predicted octanol–water partition coefficient (Wildman–Crippen LogP) is 4.60. The minimum Gasteiger partial charge on any atom is -0.456 e. The molecule has 1 aromatic carbocycles. The van der Waals surface area contributed by atoms with Crippen molar-refractivity contribution < 1.29 is 9.52 Å². The van der Waals surface area contributed by atoms with Gasteiger partial charge < -0.3 is 14.2 Å². The van der Waals surface area contributed by atoms with Crippen LogP contribution in [0.1, 0.15) is 54.5 Å². The standard InChI is InChI=1S/C19H23NO2S/c1-19(2,21)14-10-17(22-11-14)23-20-18-15-7-3-5-12(15)9-13-6-4-8-16(13)18/h9-11,20-21H,3-8H2,1-2H3. The molecule has 0 aliphatic heterocycles. The van der Waals surface area contributed by atoms with Crippen molar-refractivity contribution in [2.75, 3.05) is 4.72 Å². The molecule has 0 bridgehead atoms. The van der Waals surface area contributed by atoms with Crippen LogP contribution in [0.15, 0.2) is 27.9 Å². The number of furan rings is 1. The number of benzene rings is 1. The molecule has 0 spiro atoms. The van der Waals surface area contributed by atoms with Gasteiger partial charge in [-0.25, -0.2) is 0 Å². The van der Waals surface area contributed by atoms with Crippen molar-refractivity contribution in [1.29, 1.82) is 0 Å². The lowest BCUT2D eigenvalue weighted by Gasteiger charge is -2.15. The van der Waals surface area contributed by atoms with Crippen molar-refractivity contribution in [2.24, 2.45) is 0 Å².